The Labute approximate surface area is 190 Å². The summed E-state index contributed by atoms with van der Waals surface area (Å²) in [5.41, 5.74) is 0. The molecule has 3 heteroatoms. The van der Waals surface area contributed by atoms with Crippen molar-refractivity contribution in [2.75, 3.05) is 19.8 Å². The zero-order valence-corrected chi connectivity index (χ0v) is 21.1. The lowest BCUT2D eigenvalue weighted by molar-refractivity contribution is 0.0927. The van der Waals surface area contributed by atoms with Crippen molar-refractivity contribution in [3.05, 3.63) is 0 Å². The molecule has 0 aliphatic rings. The van der Waals surface area contributed by atoms with Gasteiger partial charge in [0.2, 0.25) is 0 Å². The first kappa shape index (κ1) is 29.9. The van der Waals surface area contributed by atoms with E-state index in [1.165, 1.54) is 103 Å². The van der Waals surface area contributed by atoms with Gasteiger partial charge in [0.1, 0.15) is 6.23 Å². The van der Waals surface area contributed by atoms with Crippen LogP contribution in [0.4, 0.5) is 0 Å². The second kappa shape index (κ2) is 25.1. The van der Waals surface area contributed by atoms with Gasteiger partial charge in [-0.1, -0.05) is 124 Å². The predicted molar refractivity (Wildman–Crippen MR) is 133 cm³/mol. The molecular weight excluding hydrogens is 370 g/mol. The van der Waals surface area contributed by atoms with E-state index in [9.17, 15) is 5.11 Å². The lowest BCUT2D eigenvalue weighted by atomic mass is 10.0. The minimum absolute atomic E-state index is 0.361. The molecule has 1 atom stereocenters. The molecule has 0 rings (SSSR count). The van der Waals surface area contributed by atoms with E-state index in [0.717, 1.165) is 38.3 Å². The Hall–Kier alpha value is -0.120. The molecule has 0 amide bonds. The van der Waals surface area contributed by atoms with Crippen LogP contribution in [0.25, 0.3) is 0 Å². The maximum Gasteiger partial charge on any atom is 0.104 e. The molecule has 0 aliphatic carbocycles. The Morgan fingerprint density at radius 3 is 1.40 bits per heavy atom. The third-order valence-electron chi connectivity index (χ3n) is 5.98. The number of hydrogen-bond acceptors (Lipinski definition) is 3. The Kier molecular flexibility index (Phi) is 25.0. The predicted octanol–water partition coefficient (Wildman–Crippen LogP) is 8.00. The topological polar surface area (TPSA) is 41.5 Å². The molecule has 0 saturated heterocycles. The fourth-order valence-electron chi connectivity index (χ4n) is 4.01. The van der Waals surface area contributed by atoms with Crippen LogP contribution in [0.15, 0.2) is 0 Å². The van der Waals surface area contributed by atoms with Crippen LogP contribution in [-0.2, 0) is 4.74 Å². The number of unbranched alkanes of at least 4 members (excludes halogenated alkanes) is 15. The molecular formula is C27H57NO2. The number of hydrogen-bond donors (Lipinski definition) is 2. The van der Waals surface area contributed by atoms with Crippen LogP contribution in [0.5, 0.6) is 0 Å². The Balaban J connectivity index is 3.09. The number of nitrogens with one attached hydrogen (secondary N) is 1. The van der Waals surface area contributed by atoms with Crippen LogP contribution in [-0.4, -0.2) is 31.1 Å². The van der Waals surface area contributed by atoms with Crippen molar-refractivity contribution in [3.8, 4) is 0 Å². The molecule has 1 unspecified atom stereocenters. The van der Waals surface area contributed by atoms with E-state index in [1.807, 2.05) is 0 Å². The summed E-state index contributed by atoms with van der Waals surface area (Å²) in [7, 11) is 0. The van der Waals surface area contributed by atoms with Crippen molar-refractivity contribution in [2.45, 2.75) is 149 Å². The van der Waals surface area contributed by atoms with E-state index in [-0.39, 0.29) is 6.23 Å². The smallest absolute Gasteiger partial charge is 0.104 e. The molecule has 0 aliphatic heterocycles. The highest BCUT2D eigenvalue weighted by molar-refractivity contribution is 4.55. The number of ether oxygens (including phenoxy) is 1. The highest BCUT2D eigenvalue weighted by Crippen LogP contribution is 2.15. The molecule has 2 N–H and O–H groups in total. The van der Waals surface area contributed by atoms with Crippen LogP contribution >= 0.6 is 0 Å². The first-order chi connectivity index (χ1) is 14.7. The van der Waals surface area contributed by atoms with Gasteiger partial charge in [0, 0.05) is 13.2 Å². The van der Waals surface area contributed by atoms with Crippen LogP contribution in [0.3, 0.4) is 0 Å². The highest BCUT2D eigenvalue weighted by atomic mass is 16.5. The van der Waals surface area contributed by atoms with E-state index < -0.39 is 0 Å². The van der Waals surface area contributed by atoms with E-state index in [4.69, 9.17) is 4.74 Å². The average molecular weight is 428 g/mol. The molecule has 0 aromatic carbocycles. The lowest BCUT2D eigenvalue weighted by Crippen LogP contribution is -2.31. The van der Waals surface area contributed by atoms with Gasteiger partial charge in [-0.15, -0.1) is 0 Å². The van der Waals surface area contributed by atoms with Gasteiger partial charge >= 0.3 is 0 Å². The first-order valence-electron chi connectivity index (χ1n) is 13.7. The van der Waals surface area contributed by atoms with Gasteiger partial charge in [0.15, 0.2) is 0 Å². The first-order valence-corrected chi connectivity index (χ1v) is 13.7. The standard InChI is InChI=1S/C27H57NO2/c1-4-24-30-25-23-28-27(29)22-20-18-16-14-12-10-8-6-5-7-9-11-13-15-17-19-21-26(2)3/h26-29H,4-25H2,1-3H3. The number of aliphatic hydroxyl groups excluding tert-OH is 1. The van der Waals surface area contributed by atoms with Crippen LogP contribution < -0.4 is 5.32 Å². The molecule has 0 saturated carbocycles. The van der Waals surface area contributed by atoms with E-state index in [0.29, 0.717) is 6.61 Å². The maximum atomic E-state index is 9.88. The molecule has 3 nitrogen and oxygen atoms in total. The zero-order valence-electron chi connectivity index (χ0n) is 21.1. The minimum atomic E-state index is -0.361. The SMILES string of the molecule is CCCOCCNC(O)CCCCCCCCCCCCCCCCCCC(C)C. The second-order valence-electron chi connectivity index (χ2n) is 9.71. The summed E-state index contributed by atoms with van der Waals surface area (Å²) in [4.78, 5) is 0. The summed E-state index contributed by atoms with van der Waals surface area (Å²) in [6.07, 6.45) is 25.3. The number of aliphatic hydroxyl groups is 1. The summed E-state index contributed by atoms with van der Waals surface area (Å²) in [5, 5.41) is 13.0. The van der Waals surface area contributed by atoms with Crippen molar-refractivity contribution in [1.29, 1.82) is 0 Å². The van der Waals surface area contributed by atoms with Gasteiger partial charge in [-0.25, -0.2) is 0 Å². The molecule has 0 bridgehead atoms. The van der Waals surface area contributed by atoms with Crippen molar-refractivity contribution < 1.29 is 9.84 Å². The van der Waals surface area contributed by atoms with Crippen molar-refractivity contribution >= 4 is 0 Å². The Morgan fingerprint density at radius 2 is 1.00 bits per heavy atom. The maximum absolute atomic E-state index is 9.88. The van der Waals surface area contributed by atoms with Gasteiger partial charge in [0.25, 0.3) is 0 Å². The van der Waals surface area contributed by atoms with Crippen molar-refractivity contribution in [2.24, 2.45) is 5.92 Å². The third-order valence-corrected chi connectivity index (χ3v) is 5.98. The van der Waals surface area contributed by atoms with Gasteiger partial charge in [-0.2, -0.15) is 0 Å². The molecule has 0 aromatic heterocycles. The summed E-state index contributed by atoms with van der Waals surface area (Å²) in [6.45, 7) is 9.04. The molecule has 182 valence electrons. The fourth-order valence-corrected chi connectivity index (χ4v) is 4.01. The summed E-state index contributed by atoms with van der Waals surface area (Å²) >= 11 is 0. The number of rotatable bonds is 25. The zero-order chi connectivity index (χ0) is 22.1. The highest BCUT2D eigenvalue weighted by Gasteiger charge is 2.02. The summed E-state index contributed by atoms with van der Waals surface area (Å²) in [5.74, 6) is 0.882. The summed E-state index contributed by atoms with van der Waals surface area (Å²) in [6, 6.07) is 0. The normalized spacial score (nSPS) is 12.7. The van der Waals surface area contributed by atoms with Crippen LogP contribution in [0, 0.1) is 5.92 Å². The molecule has 0 fully saturated rings. The van der Waals surface area contributed by atoms with Crippen LogP contribution in [0.1, 0.15) is 143 Å². The largest absolute Gasteiger partial charge is 0.380 e. The van der Waals surface area contributed by atoms with E-state index >= 15 is 0 Å². The van der Waals surface area contributed by atoms with Gasteiger partial charge < -0.3 is 9.84 Å². The fraction of sp³-hybridized carbons (Fsp3) is 1.00. The molecule has 0 spiro atoms. The molecule has 30 heavy (non-hydrogen) atoms. The Bertz CT molecular complexity index is 309. The quantitative estimate of drug-likeness (QED) is 0.114. The monoisotopic (exact) mass is 427 g/mol. The average Bonchev–Trinajstić information content (AvgIpc) is 2.72. The molecule has 0 aromatic rings. The van der Waals surface area contributed by atoms with Gasteiger partial charge in [-0.3, -0.25) is 5.32 Å². The van der Waals surface area contributed by atoms with E-state index in [2.05, 4.69) is 26.1 Å². The van der Waals surface area contributed by atoms with Gasteiger partial charge in [0.05, 0.1) is 6.61 Å². The second-order valence-corrected chi connectivity index (χ2v) is 9.71. The molecule has 0 heterocycles. The van der Waals surface area contributed by atoms with Crippen molar-refractivity contribution in [1.82, 2.24) is 5.32 Å². The van der Waals surface area contributed by atoms with E-state index in [1.54, 1.807) is 0 Å². The van der Waals surface area contributed by atoms with Gasteiger partial charge in [-0.05, 0) is 25.2 Å². The summed E-state index contributed by atoms with van der Waals surface area (Å²) < 4.78 is 5.40. The lowest BCUT2D eigenvalue weighted by Gasteiger charge is -2.12. The Morgan fingerprint density at radius 1 is 0.600 bits per heavy atom. The van der Waals surface area contributed by atoms with Crippen LogP contribution in [0.2, 0.25) is 0 Å². The van der Waals surface area contributed by atoms with Crippen molar-refractivity contribution in [3.63, 3.8) is 0 Å². The molecule has 0 radical (unpaired) electrons. The minimum Gasteiger partial charge on any atom is -0.380 e. The third kappa shape index (κ3) is 25.9.